The summed E-state index contributed by atoms with van der Waals surface area (Å²) in [5.41, 5.74) is 1.23. The zero-order valence-electron chi connectivity index (χ0n) is 12.3. The molecule has 2 heteroatoms. The fourth-order valence-electron chi connectivity index (χ4n) is 3.02. The van der Waals surface area contributed by atoms with Crippen LogP contribution in [0.3, 0.4) is 0 Å². The lowest BCUT2D eigenvalue weighted by atomic mass is 10.00. The van der Waals surface area contributed by atoms with Gasteiger partial charge in [0.1, 0.15) is 5.75 Å². The number of hydrogen-bond donors (Lipinski definition) is 1. The quantitative estimate of drug-likeness (QED) is 0.803. The van der Waals surface area contributed by atoms with Crippen LogP contribution in [0.4, 0.5) is 0 Å². The molecule has 1 aliphatic rings. The lowest BCUT2D eigenvalue weighted by Crippen LogP contribution is -2.33. The summed E-state index contributed by atoms with van der Waals surface area (Å²) >= 11 is 0. The van der Waals surface area contributed by atoms with Gasteiger partial charge in [0.05, 0.1) is 6.61 Å². The molecule has 19 heavy (non-hydrogen) atoms. The van der Waals surface area contributed by atoms with Crippen LogP contribution >= 0.6 is 0 Å². The molecule has 0 heterocycles. The van der Waals surface area contributed by atoms with Gasteiger partial charge in [0.25, 0.3) is 0 Å². The van der Waals surface area contributed by atoms with E-state index in [1.54, 1.807) is 0 Å². The minimum Gasteiger partial charge on any atom is -0.493 e. The highest BCUT2D eigenvalue weighted by Crippen LogP contribution is 2.28. The molecule has 1 fully saturated rings. The van der Waals surface area contributed by atoms with Crippen molar-refractivity contribution in [3.8, 4) is 5.75 Å². The Labute approximate surface area is 117 Å². The van der Waals surface area contributed by atoms with Crippen LogP contribution in [0.1, 0.15) is 44.6 Å². The molecule has 1 aliphatic carbocycles. The third-order valence-corrected chi connectivity index (χ3v) is 4.16. The molecule has 1 aromatic rings. The Morgan fingerprint density at radius 1 is 1.26 bits per heavy atom. The van der Waals surface area contributed by atoms with E-state index in [0.29, 0.717) is 0 Å². The molecule has 1 saturated carbocycles. The summed E-state index contributed by atoms with van der Waals surface area (Å²) in [4.78, 5) is 0. The number of aryl methyl sites for hydroxylation is 1. The monoisotopic (exact) mass is 261 g/mol. The zero-order chi connectivity index (χ0) is 13.5. The Morgan fingerprint density at radius 3 is 2.89 bits per heavy atom. The topological polar surface area (TPSA) is 21.3 Å². The molecular weight excluding hydrogens is 234 g/mol. The minimum absolute atomic E-state index is 0.723. The average Bonchev–Trinajstić information content (AvgIpc) is 2.86. The van der Waals surface area contributed by atoms with Crippen molar-refractivity contribution in [3.05, 3.63) is 29.8 Å². The van der Waals surface area contributed by atoms with Gasteiger partial charge in [-0.15, -0.1) is 0 Å². The van der Waals surface area contributed by atoms with Gasteiger partial charge in [0, 0.05) is 6.04 Å². The van der Waals surface area contributed by atoms with Crippen LogP contribution in [0.2, 0.25) is 0 Å². The maximum absolute atomic E-state index is 5.92. The van der Waals surface area contributed by atoms with E-state index in [9.17, 15) is 0 Å². The van der Waals surface area contributed by atoms with Gasteiger partial charge >= 0.3 is 0 Å². The van der Waals surface area contributed by atoms with Gasteiger partial charge in [-0.1, -0.05) is 31.5 Å². The second-order valence-corrected chi connectivity index (χ2v) is 5.65. The maximum atomic E-state index is 5.92. The first-order valence-corrected chi connectivity index (χ1v) is 7.73. The molecule has 0 aromatic heterocycles. The van der Waals surface area contributed by atoms with Gasteiger partial charge in [-0.05, 0) is 56.7 Å². The van der Waals surface area contributed by atoms with Crippen molar-refractivity contribution in [1.29, 1.82) is 0 Å². The first kappa shape index (κ1) is 14.4. The standard InChI is InChI=1S/C17H27NO/c1-3-12-18-16-9-6-8-15(16)11-13-19-17-10-5-4-7-14(17)2/h4-5,7,10,15-16,18H,3,6,8-9,11-13H2,1-2H3. The molecule has 2 nitrogen and oxygen atoms in total. The molecule has 1 aromatic carbocycles. The third kappa shape index (κ3) is 4.24. The van der Waals surface area contributed by atoms with Crippen molar-refractivity contribution in [3.63, 3.8) is 0 Å². The number of ether oxygens (including phenoxy) is 1. The summed E-state index contributed by atoms with van der Waals surface area (Å²) in [5.74, 6) is 1.84. The molecule has 0 aliphatic heterocycles. The maximum Gasteiger partial charge on any atom is 0.122 e. The minimum atomic E-state index is 0.723. The number of rotatable bonds is 7. The SMILES string of the molecule is CCCNC1CCCC1CCOc1ccccc1C. The second-order valence-electron chi connectivity index (χ2n) is 5.65. The van der Waals surface area contributed by atoms with Crippen LogP contribution in [0.5, 0.6) is 5.75 Å². The molecular formula is C17H27NO. The Bertz CT molecular complexity index is 377. The molecule has 2 unspecified atom stereocenters. The van der Waals surface area contributed by atoms with Gasteiger partial charge in [0.15, 0.2) is 0 Å². The van der Waals surface area contributed by atoms with Crippen LogP contribution in [0.25, 0.3) is 0 Å². The van der Waals surface area contributed by atoms with Crippen molar-refractivity contribution in [2.45, 2.75) is 52.0 Å². The van der Waals surface area contributed by atoms with Crippen molar-refractivity contribution in [2.24, 2.45) is 5.92 Å². The predicted octanol–water partition coefficient (Wildman–Crippen LogP) is 3.93. The molecule has 2 atom stereocenters. The van der Waals surface area contributed by atoms with Gasteiger partial charge in [-0.2, -0.15) is 0 Å². The Kier molecular flexibility index (Phi) is 5.71. The summed E-state index contributed by atoms with van der Waals surface area (Å²) < 4.78 is 5.92. The fourth-order valence-corrected chi connectivity index (χ4v) is 3.02. The molecule has 0 saturated heterocycles. The number of hydrogen-bond acceptors (Lipinski definition) is 2. The lowest BCUT2D eigenvalue weighted by molar-refractivity contribution is 0.259. The number of nitrogens with one attached hydrogen (secondary N) is 1. The molecule has 2 rings (SSSR count). The summed E-state index contributed by atoms with van der Waals surface area (Å²) in [5, 5.41) is 3.69. The predicted molar refractivity (Wildman–Crippen MR) is 80.7 cm³/mol. The lowest BCUT2D eigenvalue weighted by Gasteiger charge is -2.21. The van der Waals surface area contributed by atoms with E-state index < -0.39 is 0 Å². The molecule has 106 valence electrons. The molecule has 0 spiro atoms. The summed E-state index contributed by atoms with van der Waals surface area (Å²) in [6, 6.07) is 9.00. The summed E-state index contributed by atoms with van der Waals surface area (Å²) in [6.07, 6.45) is 6.47. The third-order valence-electron chi connectivity index (χ3n) is 4.16. The molecule has 0 amide bonds. The molecule has 1 N–H and O–H groups in total. The van der Waals surface area contributed by atoms with Crippen LogP contribution in [0.15, 0.2) is 24.3 Å². The van der Waals surface area contributed by atoms with Crippen LogP contribution in [0, 0.1) is 12.8 Å². The Hall–Kier alpha value is -1.02. The van der Waals surface area contributed by atoms with Crippen molar-refractivity contribution >= 4 is 0 Å². The van der Waals surface area contributed by atoms with Crippen molar-refractivity contribution in [1.82, 2.24) is 5.32 Å². The average molecular weight is 261 g/mol. The Balaban J connectivity index is 1.74. The number of para-hydroxylation sites is 1. The first-order chi connectivity index (χ1) is 9.31. The highest BCUT2D eigenvalue weighted by atomic mass is 16.5. The van der Waals surface area contributed by atoms with Gasteiger partial charge in [-0.3, -0.25) is 0 Å². The molecule has 0 radical (unpaired) electrons. The Morgan fingerprint density at radius 2 is 2.11 bits per heavy atom. The van der Waals surface area contributed by atoms with E-state index in [2.05, 4.69) is 37.4 Å². The largest absolute Gasteiger partial charge is 0.493 e. The highest BCUT2D eigenvalue weighted by Gasteiger charge is 2.26. The summed E-state index contributed by atoms with van der Waals surface area (Å²) in [7, 11) is 0. The number of benzene rings is 1. The zero-order valence-corrected chi connectivity index (χ0v) is 12.3. The molecule has 0 bridgehead atoms. The van der Waals surface area contributed by atoms with Crippen LogP contribution in [-0.4, -0.2) is 19.2 Å². The van der Waals surface area contributed by atoms with Gasteiger partial charge in [-0.25, -0.2) is 0 Å². The highest BCUT2D eigenvalue weighted by molar-refractivity contribution is 5.31. The van der Waals surface area contributed by atoms with Gasteiger partial charge in [0.2, 0.25) is 0 Å². The van der Waals surface area contributed by atoms with Crippen molar-refractivity contribution in [2.75, 3.05) is 13.2 Å². The van der Waals surface area contributed by atoms with Crippen molar-refractivity contribution < 1.29 is 4.74 Å². The van der Waals surface area contributed by atoms with E-state index in [1.807, 2.05) is 6.07 Å². The fraction of sp³-hybridized carbons (Fsp3) is 0.647. The van der Waals surface area contributed by atoms with E-state index in [0.717, 1.165) is 30.9 Å². The van der Waals surface area contributed by atoms with E-state index in [1.165, 1.54) is 37.7 Å². The first-order valence-electron chi connectivity index (χ1n) is 7.73. The summed E-state index contributed by atoms with van der Waals surface area (Å²) in [6.45, 7) is 6.34. The second kappa shape index (κ2) is 7.54. The van der Waals surface area contributed by atoms with Crippen LogP contribution < -0.4 is 10.1 Å². The van der Waals surface area contributed by atoms with E-state index in [-0.39, 0.29) is 0 Å². The van der Waals surface area contributed by atoms with E-state index >= 15 is 0 Å². The normalized spacial score (nSPS) is 22.6. The van der Waals surface area contributed by atoms with E-state index in [4.69, 9.17) is 4.74 Å². The smallest absolute Gasteiger partial charge is 0.122 e. The van der Waals surface area contributed by atoms with Crippen LogP contribution in [-0.2, 0) is 0 Å². The van der Waals surface area contributed by atoms with Gasteiger partial charge < -0.3 is 10.1 Å².